The molecule has 0 saturated carbocycles. The molecule has 0 spiro atoms. The number of carbonyl (C=O) groups is 1. The summed E-state index contributed by atoms with van der Waals surface area (Å²) < 4.78 is 20.8. The predicted octanol–water partition coefficient (Wildman–Crippen LogP) is 4.34. The van der Waals surface area contributed by atoms with Crippen molar-refractivity contribution in [3.8, 4) is 11.5 Å². The van der Waals surface area contributed by atoms with Gasteiger partial charge in [-0.15, -0.1) is 6.58 Å². The van der Waals surface area contributed by atoms with E-state index in [4.69, 9.17) is 18.9 Å². The highest BCUT2D eigenvalue weighted by atomic mass is 16.5. The summed E-state index contributed by atoms with van der Waals surface area (Å²) in [6.45, 7) is 5.72. The second kappa shape index (κ2) is 17.1. The highest BCUT2D eigenvalue weighted by Gasteiger charge is 2.01. The van der Waals surface area contributed by atoms with Crippen LogP contribution >= 0.6 is 0 Å². The lowest BCUT2D eigenvalue weighted by molar-refractivity contribution is -0.108. The van der Waals surface area contributed by atoms with E-state index in [1.165, 1.54) is 0 Å². The number of aliphatic hydroxyl groups excluding tert-OH is 1. The standard InChI is InChI=1S/C14H20O3.C11H14O3/c1-3-4-13(15)9-10-17-11-12-5-7-14(16-2)8-6-12;1-13-11-5-3-10(4-6-11)9-14-8-2-7-12/h3,5-8,13,15H,1,4,9-11H2,2H3;3-7H,2,8-9H2,1H3/t13-;/m0./s1. The molecule has 0 bridgehead atoms. The maximum absolute atomic E-state index is 10.0. The lowest BCUT2D eigenvalue weighted by atomic mass is 10.2. The molecule has 2 rings (SSSR count). The summed E-state index contributed by atoms with van der Waals surface area (Å²) in [5.41, 5.74) is 2.18. The summed E-state index contributed by atoms with van der Waals surface area (Å²) >= 11 is 0. The Kier molecular flexibility index (Phi) is 14.5. The second-order valence-corrected chi connectivity index (χ2v) is 6.72. The van der Waals surface area contributed by atoms with Crippen LogP contribution in [0.3, 0.4) is 0 Å². The number of methoxy groups -OCH3 is 2. The Morgan fingerprint density at radius 2 is 1.35 bits per heavy atom. The van der Waals surface area contributed by atoms with Crippen LogP contribution in [0.15, 0.2) is 61.2 Å². The van der Waals surface area contributed by atoms with Gasteiger partial charge in [0.1, 0.15) is 17.8 Å². The van der Waals surface area contributed by atoms with E-state index in [0.717, 1.165) is 28.9 Å². The van der Waals surface area contributed by atoms with Gasteiger partial charge in [0.2, 0.25) is 0 Å². The van der Waals surface area contributed by atoms with Crippen LogP contribution in [0.5, 0.6) is 11.5 Å². The smallest absolute Gasteiger partial charge is 0.122 e. The Labute approximate surface area is 185 Å². The third-order valence-corrected chi connectivity index (χ3v) is 4.27. The van der Waals surface area contributed by atoms with E-state index in [1.807, 2.05) is 48.5 Å². The van der Waals surface area contributed by atoms with Crippen molar-refractivity contribution in [2.75, 3.05) is 27.4 Å². The summed E-state index contributed by atoms with van der Waals surface area (Å²) in [5.74, 6) is 1.68. The summed E-state index contributed by atoms with van der Waals surface area (Å²) in [5, 5.41) is 9.45. The molecule has 2 aromatic carbocycles. The van der Waals surface area contributed by atoms with Gasteiger partial charge in [-0.1, -0.05) is 30.3 Å². The predicted molar refractivity (Wildman–Crippen MR) is 121 cm³/mol. The Balaban J connectivity index is 0.000000316. The van der Waals surface area contributed by atoms with Gasteiger partial charge in [-0.05, 0) is 48.2 Å². The molecule has 0 fully saturated rings. The number of aldehydes is 1. The van der Waals surface area contributed by atoms with Crippen molar-refractivity contribution in [1.82, 2.24) is 0 Å². The second-order valence-electron chi connectivity index (χ2n) is 6.72. The van der Waals surface area contributed by atoms with E-state index in [0.29, 0.717) is 45.7 Å². The number of rotatable bonds is 14. The summed E-state index contributed by atoms with van der Waals surface area (Å²) in [6.07, 6.45) is 3.94. The van der Waals surface area contributed by atoms with Gasteiger partial charge in [0.05, 0.1) is 40.1 Å². The first-order chi connectivity index (χ1) is 15.1. The number of benzene rings is 2. The third kappa shape index (κ3) is 12.6. The van der Waals surface area contributed by atoms with Crippen LogP contribution in [0.2, 0.25) is 0 Å². The van der Waals surface area contributed by atoms with E-state index < -0.39 is 0 Å². The van der Waals surface area contributed by atoms with Crippen molar-refractivity contribution in [1.29, 1.82) is 0 Å². The molecule has 0 heterocycles. The minimum absolute atomic E-state index is 0.344. The Bertz CT molecular complexity index is 712. The summed E-state index contributed by atoms with van der Waals surface area (Å²) in [4.78, 5) is 10.0. The summed E-state index contributed by atoms with van der Waals surface area (Å²) in [6, 6.07) is 15.4. The van der Waals surface area contributed by atoms with Gasteiger partial charge in [0.15, 0.2) is 0 Å². The van der Waals surface area contributed by atoms with Crippen molar-refractivity contribution >= 4 is 6.29 Å². The minimum Gasteiger partial charge on any atom is -0.497 e. The molecule has 1 N–H and O–H groups in total. The molecule has 6 nitrogen and oxygen atoms in total. The van der Waals surface area contributed by atoms with Crippen LogP contribution < -0.4 is 9.47 Å². The van der Waals surface area contributed by atoms with Crippen LogP contribution in [-0.4, -0.2) is 44.9 Å². The quantitative estimate of drug-likeness (QED) is 0.273. The average molecular weight is 431 g/mol. The zero-order chi connectivity index (χ0) is 22.7. The number of hydrogen-bond donors (Lipinski definition) is 1. The van der Waals surface area contributed by atoms with Crippen LogP contribution in [0, 0.1) is 0 Å². The highest BCUT2D eigenvalue weighted by molar-refractivity contribution is 5.49. The van der Waals surface area contributed by atoms with E-state index in [9.17, 15) is 9.90 Å². The molecular weight excluding hydrogens is 396 g/mol. The highest BCUT2D eigenvalue weighted by Crippen LogP contribution is 2.13. The van der Waals surface area contributed by atoms with Crippen molar-refractivity contribution in [3.63, 3.8) is 0 Å². The van der Waals surface area contributed by atoms with Crippen LogP contribution in [0.1, 0.15) is 30.4 Å². The molecule has 6 heteroatoms. The van der Waals surface area contributed by atoms with Crippen LogP contribution in [0.25, 0.3) is 0 Å². The molecule has 0 aliphatic carbocycles. The number of aliphatic hydroxyl groups is 1. The summed E-state index contributed by atoms with van der Waals surface area (Å²) in [7, 11) is 3.28. The monoisotopic (exact) mass is 430 g/mol. The number of carbonyl (C=O) groups excluding carboxylic acids is 1. The van der Waals surface area contributed by atoms with Gasteiger partial charge in [-0.3, -0.25) is 0 Å². The Hall–Kier alpha value is -2.67. The third-order valence-electron chi connectivity index (χ3n) is 4.27. The van der Waals surface area contributed by atoms with E-state index in [2.05, 4.69) is 6.58 Å². The van der Waals surface area contributed by atoms with E-state index in [1.54, 1.807) is 20.3 Å². The topological polar surface area (TPSA) is 74.2 Å². The van der Waals surface area contributed by atoms with Crippen LogP contribution in [0.4, 0.5) is 0 Å². The lowest BCUT2D eigenvalue weighted by Gasteiger charge is -2.08. The molecule has 0 aromatic heterocycles. The molecule has 170 valence electrons. The molecule has 0 unspecified atom stereocenters. The average Bonchev–Trinajstić information content (AvgIpc) is 2.81. The van der Waals surface area contributed by atoms with Crippen molar-refractivity contribution in [3.05, 3.63) is 72.3 Å². The van der Waals surface area contributed by atoms with Gasteiger partial charge in [-0.25, -0.2) is 0 Å². The first-order valence-electron chi connectivity index (χ1n) is 10.3. The van der Waals surface area contributed by atoms with Gasteiger partial charge in [0, 0.05) is 13.0 Å². The fraction of sp³-hybridized carbons (Fsp3) is 0.400. The van der Waals surface area contributed by atoms with Crippen molar-refractivity contribution in [2.45, 2.75) is 38.6 Å². The molecule has 0 radical (unpaired) electrons. The first kappa shape index (κ1) is 26.4. The fourth-order valence-electron chi connectivity index (χ4n) is 2.48. The Morgan fingerprint density at radius 1 is 0.871 bits per heavy atom. The van der Waals surface area contributed by atoms with Gasteiger partial charge < -0.3 is 28.8 Å². The van der Waals surface area contributed by atoms with Crippen LogP contribution in [-0.2, 0) is 27.5 Å². The molecular formula is C25H34O6. The molecule has 0 amide bonds. The van der Waals surface area contributed by atoms with Gasteiger partial charge in [-0.2, -0.15) is 0 Å². The largest absolute Gasteiger partial charge is 0.497 e. The Morgan fingerprint density at radius 3 is 1.77 bits per heavy atom. The van der Waals surface area contributed by atoms with E-state index in [-0.39, 0.29) is 6.10 Å². The molecule has 2 aromatic rings. The van der Waals surface area contributed by atoms with Gasteiger partial charge in [0.25, 0.3) is 0 Å². The maximum atomic E-state index is 10.0. The minimum atomic E-state index is -0.344. The molecule has 31 heavy (non-hydrogen) atoms. The number of ether oxygens (including phenoxy) is 4. The van der Waals surface area contributed by atoms with Crippen molar-refractivity contribution < 1.29 is 28.8 Å². The fourth-order valence-corrected chi connectivity index (χ4v) is 2.48. The molecule has 0 saturated heterocycles. The lowest BCUT2D eigenvalue weighted by Crippen LogP contribution is -2.09. The zero-order valence-corrected chi connectivity index (χ0v) is 18.5. The molecule has 1 atom stereocenters. The molecule has 0 aliphatic rings. The number of hydrogen-bond acceptors (Lipinski definition) is 6. The van der Waals surface area contributed by atoms with Crippen molar-refractivity contribution in [2.24, 2.45) is 0 Å². The SMILES string of the molecule is C=CC[C@H](O)CCOCc1ccc(OC)cc1.COc1ccc(COCCC=O)cc1. The normalized spacial score (nSPS) is 11.1. The van der Waals surface area contributed by atoms with E-state index >= 15 is 0 Å². The first-order valence-corrected chi connectivity index (χ1v) is 10.3. The molecule has 0 aliphatic heterocycles. The zero-order valence-electron chi connectivity index (χ0n) is 18.5. The maximum Gasteiger partial charge on any atom is 0.122 e. The van der Waals surface area contributed by atoms with Gasteiger partial charge >= 0.3 is 0 Å².